The van der Waals surface area contributed by atoms with Crippen LogP contribution in [0, 0.1) is 0 Å². The van der Waals surface area contributed by atoms with Crippen LogP contribution in [0.15, 0.2) is 18.2 Å². The maximum Gasteiger partial charge on any atom is 0.254 e. The molecule has 1 fully saturated rings. The number of nitrogens with one attached hydrogen (secondary N) is 2. The van der Waals surface area contributed by atoms with Gasteiger partial charge in [-0.05, 0) is 44.0 Å². The van der Waals surface area contributed by atoms with Gasteiger partial charge in [0.15, 0.2) is 0 Å². The minimum atomic E-state index is -0.509. The number of amides is 2. The maximum absolute atomic E-state index is 12.6. The van der Waals surface area contributed by atoms with Crippen molar-refractivity contribution in [2.24, 2.45) is 0 Å². The lowest BCUT2D eigenvalue weighted by molar-refractivity contribution is -0.122. The first-order chi connectivity index (χ1) is 10.4. The Morgan fingerprint density at radius 2 is 2.14 bits per heavy atom. The average molecular weight is 324 g/mol. The molecule has 0 aliphatic carbocycles. The zero-order valence-corrected chi connectivity index (χ0v) is 14.0. The topological polar surface area (TPSA) is 61.4 Å². The van der Waals surface area contributed by atoms with E-state index in [2.05, 4.69) is 10.6 Å². The van der Waals surface area contributed by atoms with Crippen LogP contribution in [0.4, 0.5) is 5.69 Å². The molecular formula is C16H22ClN3O2. The van der Waals surface area contributed by atoms with Crippen molar-refractivity contribution in [2.75, 3.05) is 26.0 Å². The van der Waals surface area contributed by atoms with E-state index >= 15 is 0 Å². The van der Waals surface area contributed by atoms with Crippen molar-refractivity contribution in [3.8, 4) is 0 Å². The van der Waals surface area contributed by atoms with Crippen molar-refractivity contribution in [1.82, 2.24) is 10.2 Å². The highest BCUT2D eigenvalue weighted by molar-refractivity contribution is 6.34. The largest absolute Gasteiger partial charge is 0.345 e. The highest BCUT2D eigenvalue weighted by Gasteiger charge is 2.39. The number of rotatable bonds is 4. The summed E-state index contributed by atoms with van der Waals surface area (Å²) in [4.78, 5) is 26.1. The molecule has 0 radical (unpaired) electrons. The number of carbonyl (C=O) groups is 2. The average Bonchev–Trinajstić information content (AvgIpc) is 2.98. The van der Waals surface area contributed by atoms with Gasteiger partial charge in [-0.25, -0.2) is 0 Å². The standard InChI is InChI=1S/C16H22ClN3O2/c1-4-16(8-5-9-18-16)15(22)19-11-6-7-13(17)12(10-11)14(21)20(2)3/h6-7,10,18H,4-5,8-9H2,1-3H3,(H,19,22). The van der Waals surface area contributed by atoms with Crippen molar-refractivity contribution in [3.63, 3.8) is 0 Å². The van der Waals surface area contributed by atoms with E-state index < -0.39 is 5.54 Å². The zero-order chi connectivity index (χ0) is 16.3. The van der Waals surface area contributed by atoms with E-state index in [1.807, 2.05) is 6.92 Å². The van der Waals surface area contributed by atoms with Crippen molar-refractivity contribution < 1.29 is 9.59 Å². The molecule has 1 heterocycles. The predicted octanol–water partition coefficient (Wildman–Crippen LogP) is 2.51. The molecule has 1 unspecified atom stereocenters. The van der Waals surface area contributed by atoms with Crippen LogP contribution in [-0.4, -0.2) is 42.9 Å². The fourth-order valence-electron chi connectivity index (χ4n) is 2.72. The molecule has 2 N–H and O–H groups in total. The third-order valence-corrected chi connectivity index (χ3v) is 4.47. The summed E-state index contributed by atoms with van der Waals surface area (Å²) in [7, 11) is 3.33. The predicted molar refractivity (Wildman–Crippen MR) is 88.4 cm³/mol. The van der Waals surface area contributed by atoms with Gasteiger partial charge in [-0.15, -0.1) is 0 Å². The summed E-state index contributed by atoms with van der Waals surface area (Å²) in [6, 6.07) is 4.97. The summed E-state index contributed by atoms with van der Waals surface area (Å²) in [5, 5.41) is 6.58. The monoisotopic (exact) mass is 323 g/mol. The second-order valence-corrected chi connectivity index (χ2v) is 6.22. The lowest BCUT2D eigenvalue weighted by atomic mass is 9.93. The van der Waals surface area contributed by atoms with Crippen LogP contribution in [0.25, 0.3) is 0 Å². The number of nitrogens with zero attached hydrogens (tertiary/aromatic N) is 1. The third-order valence-electron chi connectivity index (χ3n) is 4.14. The molecule has 0 bridgehead atoms. The molecule has 1 aliphatic heterocycles. The number of hydrogen-bond donors (Lipinski definition) is 2. The first-order valence-corrected chi connectivity index (χ1v) is 7.85. The molecule has 0 aromatic heterocycles. The van der Waals surface area contributed by atoms with E-state index in [1.54, 1.807) is 32.3 Å². The van der Waals surface area contributed by atoms with Crippen molar-refractivity contribution in [1.29, 1.82) is 0 Å². The molecule has 1 saturated heterocycles. The Labute approximate surface area is 136 Å². The summed E-state index contributed by atoms with van der Waals surface area (Å²) in [5.74, 6) is -0.247. The first kappa shape index (κ1) is 16.8. The van der Waals surface area contributed by atoms with Crippen molar-refractivity contribution in [2.45, 2.75) is 31.7 Å². The molecular weight excluding hydrogens is 302 g/mol. The van der Waals surface area contributed by atoms with Crippen LogP contribution < -0.4 is 10.6 Å². The quantitative estimate of drug-likeness (QED) is 0.895. The number of benzene rings is 1. The molecule has 1 aromatic carbocycles. The highest BCUT2D eigenvalue weighted by Crippen LogP contribution is 2.26. The van der Waals surface area contributed by atoms with E-state index in [0.29, 0.717) is 16.3 Å². The maximum atomic E-state index is 12.6. The summed E-state index contributed by atoms with van der Waals surface area (Å²) >= 11 is 6.08. The highest BCUT2D eigenvalue weighted by atomic mass is 35.5. The molecule has 120 valence electrons. The van der Waals surface area contributed by atoms with Gasteiger partial charge in [-0.3, -0.25) is 9.59 Å². The third kappa shape index (κ3) is 3.25. The minimum Gasteiger partial charge on any atom is -0.345 e. The number of carbonyl (C=O) groups excluding carboxylic acids is 2. The van der Waals surface area contributed by atoms with Crippen LogP contribution >= 0.6 is 11.6 Å². The number of anilines is 1. The van der Waals surface area contributed by atoms with E-state index in [4.69, 9.17) is 11.6 Å². The van der Waals surface area contributed by atoms with Crippen LogP contribution in [0.3, 0.4) is 0 Å². The van der Waals surface area contributed by atoms with Crippen molar-refractivity contribution >= 4 is 29.1 Å². The second-order valence-electron chi connectivity index (χ2n) is 5.81. The van der Waals surface area contributed by atoms with E-state index in [-0.39, 0.29) is 11.8 Å². The van der Waals surface area contributed by atoms with Crippen LogP contribution in [0.2, 0.25) is 5.02 Å². The van der Waals surface area contributed by atoms with Gasteiger partial charge in [0.05, 0.1) is 16.1 Å². The molecule has 2 rings (SSSR count). The summed E-state index contributed by atoms with van der Waals surface area (Å²) in [6.45, 7) is 2.85. The van der Waals surface area contributed by atoms with E-state index in [1.165, 1.54) is 4.90 Å². The Balaban J connectivity index is 2.21. The number of halogens is 1. The summed E-state index contributed by atoms with van der Waals surface area (Å²) in [6.07, 6.45) is 2.55. The molecule has 1 atom stereocenters. The van der Waals surface area contributed by atoms with Gasteiger partial charge in [-0.2, -0.15) is 0 Å². The Morgan fingerprint density at radius 1 is 1.41 bits per heavy atom. The van der Waals surface area contributed by atoms with Crippen LogP contribution in [0.5, 0.6) is 0 Å². The lowest BCUT2D eigenvalue weighted by Gasteiger charge is -2.26. The normalized spacial score (nSPS) is 20.7. The van der Waals surface area contributed by atoms with Gasteiger partial charge in [0, 0.05) is 19.8 Å². The van der Waals surface area contributed by atoms with Gasteiger partial charge in [0.2, 0.25) is 5.91 Å². The fraction of sp³-hybridized carbons (Fsp3) is 0.500. The Bertz CT molecular complexity index is 581. The Kier molecular flexibility index (Phi) is 5.08. The fourth-order valence-corrected chi connectivity index (χ4v) is 2.92. The van der Waals surface area contributed by atoms with Gasteiger partial charge in [0.25, 0.3) is 5.91 Å². The van der Waals surface area contributed by atoms with E-state index in [9.17, 15) is 9.59 Å². The van der Waals surface area contributed by atoms with Crippen LogP contribution in [0.1, 0.15) is 36.5 Å². The second kappa shape index (κ2) is 6.67. The van der Waals surface area contributed by atoms with Gasteiger partial charge in [0.1, 0.15) is 0 Å². The molecule has 2 amide bonds. The molecule has 0 saturated carbocycles. The van der Waals surface area contributed by atoms with Crippen LogP contribution in [-0.2, 0) is 4.79 Å². The zero-order valence-electron chi connectivity index (χ0n) is 13.2. The Hall–Kier alpha value is -1.59. The molecule has 1 aliphatic rings. The molecule has 6 heteroatoms. The Morgan fingerprint density at radius 3 is 2.68 bits per heavy atom. The molecule has 0 spiro atoms. The lowest BCUT2D eigenvalue weighted by Crippen LogP contribution is -2.50. The van der Waals surface area contributed by atoms with Gasteiger partial charge in [-0.1, -0.05) is 18.5 Å². The van der Waals surface area contributed by atoms with Crippen molar-refractivity contribution in [3.05, 3.63) is 28.8 Å². The number of hydrogen-bond acceptors (Lipinski definition) is 3. The molecule has 5 nitrogen and oxygen atoms in total. The SMILES string of the molecule is CCC1(C(=O)Nc2ccc(Cl)c(C(=O)N(C)C)c2)CCCN1. The molecule has 22 heavy (non-hydrogen) atoms. The van der Waals surface area contributed by atoms with Gasteiger partial charge < -0.3 is 15.5 Å². The first-order valence-electron chi connectivity index (χ1n) is 7.47. The van der Waals surface area contributed by atoms with E-state index in [0.717, 1.165) is 25.8 Å². The minimum absolute atomic E-state index is 0.0573. The molecule has 1 aromatic rings. The summed E-state index contributed by atoms with van der Waals surface area (Å²) in [5.41, 5.74) is 0.460. The smallest absolute Gasteiger partial charge is 0.254 e. The summed E-state index contributed by atoms with van der Waals surface area (Å²) < 4.78 is 0. The van der Waals surface area contributed by atoms with Gasteiger partial charge >= 0.3 is 0 Å².